The molecular formula is C30H28F9N4O3-. The highest BCUT2D eigenvalue weighted by Crippen LogP contribution is 2.31. The topological polar surface area (TPSA) is 96.5 Å². The molecule has 0 aliphatic heterocycles. The summed E-state index contributed by atoms with van der Waals surface area (Å²) in [6.07, 6.45) is -15.3. The Labute approximate surface area is 257 Å². The fraction of sp³-hybridized carbons (Fsp3) is 0.333. The second-order valence-electron chi connectivity index (χ2n) is 9.96. The van der Waals surface area contributed by atoms with Crippen LogP contribution in [0, 0.1) is 0 Å². The number of amides is 2. The normalized spacial score (nSPS) is 13.0. The molecule has 0 aliphatic carbocycles. The lowest BCUT2D eigenvalue weighted by Gasteiger charge is -2.28. The first-order valence-electron chi connectivity index (χ1n) is 13.6. The average molecular weight is 664 g/mol. The number of halogens is 9. The molecule has 3 N–H and O–H groups in total. The van der Waals surface area contributed by atoms with Crippen molar-refractivity contribution in [2.24, 2.45) is 0 Å². The Hall–Kier alpha value is -4.15. The van der Waals surface area contributed by atoms with Crippen LogP contribution >= 0.6 is 0 Å². The zero-order valence-corrected chi connectivity index (χ0v) is 23.8. The van der Waals surface area contributed by atoms with Crippen molar-refractivity contribution in [3.63, 3.8) is 0 Å². The highest BCUT2D eigenvalue weighted by molar-refractivity contribution is 5.94. The Morgan fingerprint density at radius 2 is 0.891 bits per heavy atom. The maximum atomic E-state index is 12.8. The third-order valence-electron chi connectivity index (χ3n) is 6.67. The van der Waals surface area contributed by atoms with Crippen LogP contribution < -0.4 is 21.1 Å². The summed E-state index contributed by atoms with van der Waals surface area (Å²) in [6.45, 7) is 0.501. The predicted molar refractivity (Wildman–Crippen MR) is 146 cm³/mol. The summed E-state index contributed by atoms with van der Waals surface area (Å²) in [5.41, 5.74) is -2.73. The van der Waals surface area contributed by atoms with Crippen molar-refractivity contribution >= 4 is 11.8 Å². The molecule has 0 aliphatic rings. The van der Waals surface area contributed by atoms with E-state index in [9.17, 15) is 54.2 Å². The molecule has 46 heavy (non-hydrogen) atoms. The van der Waals surface area contributed by atoms with Gasteiger partial charge >= 0.3 is 18.5 Å². The van der Waals surface area contributed by atoms with Gasteiger partial charge in [-0.15, -0.1) is 0 Å². The average Bonchev–Trinajstić information content (AvgIpc) is 2.99. The molecule has 16 heteroatoms. The second-order valence-corrected chi connectivity index (χ2v) is 9.96. The van der Waals surface area contributed by atoms with Gasteiger partial charge < -0.3 is 21.1 Å². The van der Waals surface area contributed by atoms with E-state index in [0.29, 0.717) is 0 Å². The van der Waals surface area contributed by atoms with Gasteiger partial charge in [-0.2, -0.15) is 39.5 Å². The third-order valence-corrected chi connectivity index (χ3v) is 6.67. The van der Waals surface area contributed by atoms with Gasteiger partial charge in [-0.25, -0.2) is 0 Å². The van der Waals surface area contributed by atoms with Crippen LogP contribution in [-0.2, 0) is 18.5 Å². The van der Waals surface area contributed by atoms with E-state index in [1.165, 1.54) is 0 Å². The van der Waals surface area contributed by atoms with Crippen LogP contribution in [0.2, 0.25) is 0 Å². The van der Waals surface area contributed by atoms with Gasteiger partial charge in [0.1, 0.15) is 0 Å². The summed E-state index contributed by atoms with van der Waals surface area (Å²) in [5.74, 6) is -1.30. The van der Waals surface area contributed by atoms with Crippen LogP contribution in [-0.4, -0.2) is 56.0 Å². The van der Waals surface area contributed by atoms with E-state index in [0.717, 1.165) is 72.8 Å². The molecule has 2 amide bonds. The Bertz CT molecular complexity index is 1350. The van der Waals surface area contributed by atoms with E-state index in [4.69, 9.17) is 0 Å². The minimum atomic E-state index is -4.57. The molecule has 1 unspecified atom stereocenters. The number of benzene rings is 3. The maximum absolute atomic E-state index is 12.8. The Morgan fingerprint density at radius 3 is 1.24 bits per heavy atom. The SMILES string of the molecule is O=C(NCCN(CCNC(=O)c1ccc(C(F)(F)F)cc1)CCNC([O-])c1ccc(C(F)(F)F)cc1)c1ccc(C(F)(F)F)cc1. The van der Waals surface area contributed by atoms with Crippen LogP contribution in [0.5, 0.6) is 0 Å². The molecule has 1 atom stereocenters. The lowest BCUT2D eigenvalue weighted by molar-refractivity contribution is -0.436. The zero-order valence-electron chi connectivity index (χ0n) is 23.8. The lowest BCUT2D eigenvalue weighted by Crippen LogP contribution is -2.43. The van der Waals surface area contributed by atoms with Crippen molar-refractivity contribution in [1.29, 1.82) is 0 Å². The molecule has 3 rings (SSSR count). The molecule has 0 radical (unpaired) electrons. The minimum absolute atomic E-state index is 0.00636. The van der Waals surface area contributed by atoms with Crippen molar-refractivity contribution < 1.29 is 54.2 Å². The standard InChI is InChI=1S/C30H28F9N4O3/c31-28(32,33)22-7-1-19(2-8-22)25(44)40-13-16-43(17-14-41-26(45)20-3-9-23(10-4-20)29(34,35)36)18-15-42-27(46)21-5-11-24(12-6-21)30(37,38)39/h1-12,25,40H,13-18H2,(H,41,45)(H,42,46)/q-1. The van der Waals surface area contributed by atoms with Gasteiger partial charge in [0.15, 0.2) is 0 Å². The van der Waals surface area contributed by atoms with E-state index in [1.54, 1.807) is 4.90 Å². The van der Waals surface area contributed by atoms with Crippen molar-refractivity contribution in [1.82, 2.24) is 20.9 Å². The zero-order chi connectivity index (χ0) is 34.1. The van der Waals surface area contributed by atoms with Crippen LogP contribution in [0.3, 0.4) is 0 Å². The molecule has 250 valence electrons. The molecular weight excluding hydrogens is 635 g/mol. The summed E-state index contributed by atoms with van der Waals surface area (Å²) < 4.78 is 115. The molecule has 0 spiro atoms. The fourth-order valence-electron chi connectivity index (χ4n) is 4.13. The molecule has 0 heterocycles. The van der Waals surface area contributed by atoms with Gasteiger partial charge in [-0.1, -0.05) is 12.1 Å². The van der Waals surface area contributed by atoms with Crippen LogP contribution in [0.25, 0.3) is 0 Å². The molecule has 7 nitrogen and oxygen atoms in total. The predicted octanol–water partition coefficient (Wildman–Crippen LogP) is 4.85. The highest BCUT2D eigenvalue weighted by Gasteiger charge is 2.31. The molecule has 0 bridgehead atoms. The summed E-state index contributed by atoms with van der Waals surface area (Å²) >= 11 is 0. The molecule has 0 aromatic heterocycles. The third kappa shape index (κ3) is 11.0. The van der Waals surface area contributed by atoms with Gasteiger partial charge in [-0.05, 0) is 72.5 Å². The van der Waals surface area contributed by atoms with Crippen molar-refractivity contribution in [3.8, 4) is 0 Å². The monoisotopic (exact) mass is 663 g/mol. The molecule has 3 aromatic carbocycles. The Balaban J connectivity index is 1.56. The first-order chi connectivity index (χ1) is 21.4. The molecule has 0 saturated carbocycles. The van der Waals surface area contributed by atoms with Gasteiger partial charge in [0.25, 0.3) is 11.8 Å². The number of nitrogens with zero attached hydrogens (tertiary/aromatic N) is 1. The van der Waals surface area contributed by atoms with Crippen LogP contribution in [0.1, 0.15) is 49.2 Å². The van der Waals surface area contributed by atoms with Crippen LogP contribution in [0.4, 0.5) is 39.5 Å². The summed E-state index contributed by atoms with van der Waals surface area (Å²) in [7, 11) is 0. The summed E-state index contributed by atoms with van der Waals surface area (Å²) in [5, 5.41) is 20.2. The summed E-state index contributed by atoms with van der Waals surface area (Å²) in [6, 6.07) is 10.8. The van der Waals surface area contributed by atoms with Crippen molar-refractivity contribution in [2.45, 2.75) is 24.8 Å². The van der Waals surface area contributed by atoms with E-state index in [1.807, 2.05) is 0 Å². The largest absolute Gasteiger partial charge is 0.837 e. The van der Waals surface area contributed by atoms with E-state index >= 15 is 0 Å². The Kier molecular flexibility index (Phi) is 12.2. The van der Waals surface area contributed by atoms with Gasteiger partial charge in [0.05, 0.1) is 16.7 Å². The smallest absolute Gasteiger partial charge is 0.416 e. The minimum Gasteiger partial charge on any atom is -0.837 e. The number of nitrogens with one attached hydrogen (secondary N) is 3. The van der Waals surface area contributed by atoms with E-state index in [2.05, 4.69) is 16.0 Å². The van der Waals surface area contributed by atoms with Crippen molar-refractivity contribution in [2.75, 3.05) is 39.3 Å². The molecule has 0 fully saturated rings. The van der Waals surface area contributed by atoms with Crippen molar-refractivity contribution in [3.05, 3.63) is 106 Å². The number of hydrogen-bond acceptors (Lipinski definition) is 5. The molecule has 3 aromatic rings. The van der Waals surface area contributed by atoms with E-state index < -0.39 is 53.3 Å². The second kappa shape index (κ2) is 15.4. The number of carbonyl (C=O) groups is 2. The highest BCUT2D eigenvalue weighted by atomic mass is 19.4. The quantitative estimate of drug-likeness (QED) is 0.180. The first-order valence-corrected chi connectivity index (χ1v) is 13.6. The first kappa shape index (κ1) is 36.3. The van der Waals surface area contributed by atoms with Crippen LogP contribution in [0.15, 0.2) is 72.8 Å². The number of carbonyl (C=O) groups excluding carboxylic acids is 2. The lowest BCUT2D eigenvalue weighted by atomic mass is 10.1. The summed E-state index contributed by atoms with van der Waals surface area (Å²) in [4.78, 5) is 26.5. The van der Waals surface area contributed by atoms with E-state index in [-0.39, 0.29) is 56.0 Å². The fourth-order valence-corrected chi connectivity index (χ4v) is 4.13. The molecule has 0 saturated heterocycles. The maximum Gasteiger partial charge on any atom is 0.416 e. The number of hydrogen-bond donors (Lipinski definition) is 3. The van der Waals surface area contributed by atoms with Gasteiger partial charge in [0.2, 0.25) is 0 Å². The number of rotatable bonds is 13. The number of alkyl halides is 9. The Morgan fingerprint density at radius 1 is 0.565 bits per heavy atom. The van der Waals surface area contributed by atoms with Gasteiger partial charge in [0, 0.05) is 50.4 Å². The van der Waals surface area contributed by atoms with Gasteiger partial charge in [-0.3, -0.25) is 14.5 Å².